The molecule has 2 rings (SSSR count). The van der Waals surface area contributed by atoms with Gasteiger partial charge in [-0.25, -0.2) is 4.79 Å². The van der Waals surface area contributed by atoms with Gasteiger partial charge in [0.1, 0.15) is 18.3 Å². The van der Waals surface area contributed by atoms with Gasteiger partial charge in [-0.15, -0.1) is 0 Å². The average Bonchev–Trinajstić information content (AvgIpc) is 2.47. The van der Waals surface area contributed by atoms with Gasteiger partial charge in [-0.1, -0.05) is 12.1 Å². The third-order valence-electron chi connectivity index (χ3n) is 3.30. The number of nitrogens with zero attached hydrogens (tertiary/aromatic N) is 1. The number of amides is 2. The number of benzene rings is 1. The second kappa shape index (κ2) is 6.25. The number of carboxylic acid groups (broad SMARTS) is 1. The van der Waals surface area contributed by atoms with E-state index in [1.165, 1.54) is 0 Å². The van der Waals surface area contributed by atoms with Crippen LogP contribution in [0.15, 0.2) is 24.3 Å². The first kappa shape index (κ1) is 14.8. The molecule has 2 N–H and O–H groups in total. The number of rotatable bonds is 4. The monoisotopic (exact) mass is 292 g/mol. The third kappa shape index (κ3) is 3.50. The molecule has 1 aliphatic heterocycles. The van der Waals surface area contributed by atoms with E-state index in [9.17, 15) is 14.4 Å². The lowest BCUT2D eigenvalue weighted by atomic mass is 10.1. The molecule has 0 bridgehead atoms. The minimum Gasteiger partial charge on any atom is -0.497 e. The van der Waals surface area contributed by atoms with Gasteiger partial charge in [0.25, 0.3) is 0 Å². The zero-order valence-corrected chi connectivity index (χ0v) is 11.5. The van der Waals surface area contributed by atoms with Gasteiger partial charge in [0.2, 0.25) is 11.8 Å². The number of carboxylic acids is 1. The highest BCUT2D eigenvalue weighted by Crippen LogP contribution is 2.14. The van der Waals surface area contributed by atoms with Gasteiger partial charge in [0.15, 0.2) is 0 Å². The average molecular weight is 292 g/mol. The van der Waals surface area contributed by atoms with Gasteiger partial charge in [0.05, 0.1) is 13.5 Å². The number of ether oxygens (including phenoxy) is 1. The van der Waals surface area contributed by atoms with Gasteiger partial charge in [0, 0.05) is 6.54 Å². The maximum atomic E-state index is 12.2. The van der Waals surface area contributed by atoms with Crippen LogP contribution in [0.5, 0.6) is 5.75 Å². The molecule has 0 aliphatic carbocycles. The minimum atomic E-state index is -1.13. The van der Waals surface area contributed by atoms with Crippen molar-refractivity contribution < 1.29 is 24.2 Å². The largest absolute Gasteiger partial charge is 0.497 e. The van der Waals surface area contributed by atoms with Gasteiger partial charge < -0.3 is 20.1 Å². The Kier molecular flexibility index (Phi) is 4.42. The van der Waals surface area contributed by atoms with E-state index in [2.05, 4.69) is 5.32 Å². The van der Waals surface area contributed by atoms with Crippen LogP contribution in [0.3, 0.4) is 0 Å². The van der Waals surface area contributed by atoms with Crippen molar-refractivity contribution >= 4 is 17.8 Å². The van der Waals surface area contributed by atoms with Crippen molar-refractivity contribution in [3.8, 4) is 5.75 Å². The van der Waals surface area contributed by atoms with Crippen molar-refractivity contribution in [2.24, 2.45) is 0 Å². The summed E-state index contributed by atoms with van der Waals surface area (Å²) in [7, 11) is 1.55. The van der Waals surface area contributed by atoms with Crippen molar-refractivity contribution in [1.29, 1.82) is 0 Å². The number of methoxy groups -OCH3 is 1. The van der Waals surface area contributed by atoms with E-state index in [0.717, 1.165) is 10.5 Å². The molecule has 112 valence electrons. The second-order valence-electron chi connectivity index (χ2n) is 4.70. The van der Waals surface area contributed by atoms with Crippen molar-refractivity contribution in [3.63, 3.8) is 0 Å². The molecular weight excluding hydrogens is 276 g/mol. The highest BCUT2D eigenvalue weighted by molar-refractivity contribution is 5.91. The van der Waals surface area contributed by atoms with Gasteiger partial charge >= 0.3 is 5.97 Å². The van der Waals surface area contributed by atoms with E-state index in [0.29, 0.717) is 5.75 Å². The third-order valence-corrected chi connectivity index (χ3v) is 3.30. The highest BCUT2D eigenvalue weighted by atomic mass is 16.5. The number of hydrogen-bond acceptors (Lipinski definition) is 4. The maximum absolute atomic E-state index is 12.2. The summed E-state index contributed by atoms with van der Waals surface area (Å²) in [4.78, 5) is 35.9. The van der Waals surface area contributed by atoms with Crippen LogP contribution in [0.1, 0.15) is 5.56 Å². The van der Waals surface area contributed by atoms with E-state index in [1.807, 2.05) is 0 Å². The molecule has 2 amide bonds. The molecule has 1 unspecified atom stereocenters. The summed E-state index contributed by atoms with van der Waals surface area (Å²) >= 11 is 0. The molecule has 0 aromatic heterocycles. The number of carbonyl (C=O) groups excluding carboxylic acids is 2. The van der Waals surface area contributed by atoms with E-state index in [1.54, 1.807) is 31.4 Å². The van der Waals surface area contributed by atoms with Crippen LogP contribution in [-0.4, -0.2) is 54.0 Å². The van der Waals surface area contributed by atoms with Crippen LogP contribution in [0.25, 0.3) is 0 Å². The molecule has 0 radical (unpaired) electrons. The summed E-state index contributed by atoms with van der Waals surface area (Å²) in [6, 6.07) is 5.89. The zero-order chi connectivity index (χ0) is 15.4. The Balaban J connectivity index is 2.08. The molecule has 1 saturated heterocycles. The quantitative estimate of drug-likeness (QED) is 0.790. The summed E-state index contributed by atoms with van der Waals surface area (Å²) < 4.78 is 5.03. The molecule has 0 spiro atoms. The Hall–Kier alpha value is -2.57. The van der Waals surface area contributed by atoms with Crippen LogP contribution in [0.2, 0.25) is 0 Å². The topological polar surface area (TPSA) is 95.9 Å². The lowest BCUT2D eigenvalue weighted by molar-refractivity contribution is -0.153. The van der Waals surface area contributed by atoms with E-state index >= 15 is 0 Å². The predicted molar refractivity (Wildman–Crippen MR) is 72.8 cm³/mol. The van der Waals surface area contributed by atoms with Crippen molar-refractivity contribution in [3.05, 3.63) is 29.8 Å². The normalized spacial score (nSPS) is 18.0. The molecule has 7 heteroatoms. The number of nitrogens with one attached hydrogen (secondary N) is 1. The lowest BCUT2D eigenvalue weighted by Crippen LogP contribution is -2.59. The Morgan fingerprint density at radius 2 is 2.05 bits per heavy atom. The lowest BCUT2D eigenvalue weighted by Gasteiger charge is -2.32. The smallest absolute Gasteiger partial charge is 0.328 e. The summed E-state index contributed by atoms with van der Waals surface area (Å²) in [6.45, 7) is -0.297. The summed E-state index contributed by atoms with van der Waals surface area (Å²) in [6.07, 6.45) is 0.0427. The number of carbonyl (C=O) groups is 3. The van der Waals surface area contributed by atoms with Crippen molar-refractivity contribution in [2.45, 2.75) is 12.5 Å². The van der Waals surface area contributed by atoms with Gasteiger partial charge in [-0.2, -0.15) is 0 Å². The fourth-order valence-corrected chi connectivity index (χ4v) is 2.14. The SMILES string of the molecule is COc1ccc(CC(=O)N2CC(=O)NCC2C(=O)O)cc1. The van der Waals surface area contributed by atoms with Gasteiger partial charge in [-0.05, 0) is 17.7 Å². The predicted octanol–water partition coefficient (Wildman–Crippen LogP) is -0.351. The summed E-state index contributed by atoms with van der Waals surface area (Å²) in [5.41, 5.74) is 0.732. The minimum absolute atomic E-state index is 0.0427. The zero-order valence-electron chi connectivity index (χ0n) is 11.5. The summed E-state index contributed by atoms with van der Waals surface area (Å²) in [5.74, 6) is -1.19. The highest BCUT2D eigenvalue weighted by Gasteiger charge is 2.34. The Bertz CT molecular complexity index is 555. The standard InChI is InChI=1S/C14H16N2O5/c1-21-10-4-2-9(3-5-10)6-13(18)16-8-12(17)15-7-11(16)14(19)20/h2-5,11H,6-8H2,1H3,(H,15,17)(H,19,20). The molecule has 1 atom stereocenters. The molecule has 1 aromatic carbocycles. The molecule has 7 nitrogen and oxygen atoms in total. The van der Waals surface area contributed by atoms with Crippen LogP contribution in [0.4, 0.5) is 0 Å². The molecule has 21 heavy (non-hydrogen) atoms. The van der Waals surface area contributed by atoms with Crippen LogP contribution >= 0.6 is 0 Å². The molecule has 1 fully saturated rings. The van der Waals surface area contributed by atoms with E-state index < -0.39 is 12.0 Å². The van der Waals surface area contributed by atoms with Crippen molar-refractivity contribution in [2.75, 3.05) is 20.2 Å². The molecule has 1 aromatic rings. The van der Waals surface area contributed by atoms with Crippen molar-refractivity contribution in [1.82, 2.24) is 10.2 Å². The fraction of sp³-hybridized carbons (Fsp3) is 0.357. The molecular formula is C14H16N2O5. The first-order valence-electron chi connectivity index (χ1n) is 6.43. The second-order valence-corrected chi connectivity index (χ2v) is 4.70. The first-order valence-corrected chi connectivity index (χ1v) is 6.43. The number of hydrogen-bond donors (Lipinski definition) is 2. The van der Waals surface area contributed by atoms with E-state index in [4.69, 9.17) is 9.84 Å². The molecule has 0 saturated carbocycles. The number of piperazine rings is 1. The number of aliphatic carboxylic acids is 1. The Morgan fingerprint density at radius 3 is 2.62 bits per heavy atom. The molecule has 1 aliphatic rings. The van der Waals surface area contributed by atoms with E-state index in [-0.39, 0.29) is 31.3 Å². The maximum Gasteiger partial charge on any atom is 0.328 e. The van der Waals surface area contributed by atoms with Crippen LogP contribution in [0, 0.1) is 0 Å². The first-order chi connectivity index (χ1) is 10.0. The Labute approximate surface area is 121 Å². The summed E-state index contributed by atoms with van der Waals surface area (Å²) in [5, 5.41) is 11.6. The van der Waals surface area contributed by atoms with Crippen LogP contribution in [-0.2, 0) is 20.8 Å². The Morgan fingerprint density at radius 1 is 1.38 bits per heavy atom. The van der Waals surface area contributed by atoms with Gasteiger partial charge in [-0.3, -0.25) is 9.59 Å². The van der Waals surface area contributed by atoms with Crippen LogP contribution < -0.4 is 10.1 Å². The fourth-order valence-electron chi connectivity index (χ4n) is 2.14. The molecule has 1 heterocycles.